The van der Waals surface area contributed by atoms with Gasteiger partial charge in [-0.25, -0.2) is 8.42 Å². The van der Waals surface area contributed by atoms with Gasteiger partial charge in [-0.15, -0.1) is 0 Å². The van der Waals surface area contributed by atoms with Crippen molar-refractivity contribution in [3.8, 4) is 0 Å². The van der Waals surface area contributed by atoms with E-state index < -0.39 is 10.0 Å². The SMILES string of the molecule is O=C(Cc1ccc(S(=O)(=O)N2CCCCC2)cc1)NCC(=O)Nc1ccccc1Br. The molecule has 2 aromatic carbocycles. The van der Waals surface area contributed by atoms with Crippen molar-refractivity contribution in [3.05, 3.63) is 58.6 Å². The van der Waals surface area contributed by atoms with E-state index in [0.29, 0.717) is 24.3 Å². The van der Waals surface area contributed by atoms with Crippen molar-refractivity contribution in [2.75, 3.05) is 25.0 Å². The Bertz CT molecular complexity index is 1000. The molecule has 0 radical (unpaired) electrons. The van der Waals surface area contributed by atoms with Gasteiger partial charge in [-0.05, 0) is 58.6 Å². The highest BCUT2D eigenvalue weighted by atomic mass is 79.9. The van der Waals surface area contributed by atoms with Gasteiger partial charge in [-0.1, -0.05) is 30.7 Å². The lowest BCUT2D eigenvalue weighted by Gasteiger charge is -2.25. The number of halogens is 1. The summed E-state index contributed by atoms with van der Waals surface area (Å²) in [6.45, 7) is 0.948. The van der Waals surface area contributed by atoms with E-state index >= 15 is 0 Å². The van der Waals surface area contributed by atoms with Crippen LogP contribution in [0.5, 0.6) is 0 Å². The monoisotopic (exact) mass is 493 g/mol. The predicted molar refractivity (Wildman–Crippen MR) is 119 cm³/mol. The Morgan fingerprint density at radius 2 is 1.60 bits per heavy atom. The fourth-order valence-electron chi connectivity index (χ4n) is 3.22. The Morgan fingerprint density at radius 1 is 0.933 bits per heavy atom. The molecule has 7 nitrogen and oxygen atoms in total. The fraction of sp³-hybridized carbons (Fsp3) is 0.333. The van der Waals surface area contributed by atoms with E-state index in [4.69, 9.17) is 0 Å². The molecule has 0 aromatic heterocycles. The molecular weight excluding hydrogens is 470 g/mol. The molecule has 30 heavy (non-hydrogen) atoms. The largest absolute Gasteiger partial charge is 0.347 e. The molecule has 9 heteroatoms. The normalized spacial score (nSPS) is 14.8. The number of amides is 2. The number of hydrogen-bond donors (Lipinski definition) is 2. The smallest absolute Gasteiger partial charge is 0.243 e. The van der Waals surface area contributed by atoms with Gasteiger partial charge < -0.3 is 10.6 Å². The second-order valence-electron chi connectivity index (χ2n) is 7.09. The highest BCUT2D eigenvalue weighted by molar-refractivity contribution is 9.10. The first-order valence-electron chi connectivity index (χ1n) is 9.76. The zero-order valence-electron chi connectivity index (χ0n) is 16.4. The van der Waals surface area contributed by atoms with Gasteiger partial charge >= 0.3 is 0 Å². The predicted octanol–water partition coefficient (Wildman–Crippen LogP) is 2.92. The minimum atomic E-state index is -3.49. The van der Waals surface area contributed by atoms with Gasteiger partial charge in [0.1, 0.15) is 0 Å². The van der Waals surface area contributed by atoms with Gasteiger partial charge in [0.15, 0.2) is 0 Å². The van der Waals surface area contributed by atoms with Gasteiger partial charge in [0.2, 0.25) is 21.8 Å². The number of rotatable bonds is 7. The van der Waals surface area contributed by atoms with Crippen molar-refractivity contribution in [1.82, 2.24) is 9.62 Å². The molecule has 0 atom stereocenters. The van der Waals surface area contributed by atoms with Gasteiger partial charge in [0.25, 0.3) is 0 Å². The van der Waals surface area contributed by atoms with Crippen LogP contribution in [0.15, 0.2) is 57.9 Å². The van der Waals surface area contributed by atoms with Crippen molar-refractivity contribution in [1.29, 1.82) is 0 Å². The quantitative estimate of drug-likeness (QED) is 0.619. The molecule has 0 saturated carbocycles. The summed E-state index contributed by atoms with van der Waals surface area (Å²) in [6, 6.07) is 13.5. The maximum atomic E-state index is 12.7. The van der Waals surface area contributed by atoms with Crippen LogP contribution in [0.25, 0.3) is 0 Å². The summed E-state index contributed by atoms with van der Waals surface area (Å²) in [4.78, 5) is 24.4. The summed E-state index contributed by atoms with van der Waals surface area (Å²) in [5.74, 6) is -0.651. The van der Waals surface area contributed by atoms with Crippen molar-refractivity contribution < 1.29 is 18.0 Å². The van der Waals surface area contributed by atoms with Crippen LogP contribution in [0.1, 0.15) is 24.8 Å². The number of piperidine rings is 1. The van der Waals surface area contributed by atoms with Crippen LogP contribution < -0.4 is 10.6 Å². The first kappa shape index (κ1) is 22.5. The molecule has 0 aliphatic carbocycles. The third-order valence-electron chi connectivity index (χ3n) is 4.83. The van der Waals surface area contributed by atoms with Crippen LogP contribution in [0, 0.1) is 0 Å². The first-order chi connectivity index (χ1) is 14.4. The fourth-order valence-corrected chi connectivity index (χ4v) is 5.12. The minimum Gasteiger partial charge on any atom is -0.347 e. The molecule has 1 aliphatic rings. The van der Waals surface area contributed by atoms with E-state index in [1.54, 1.807) is 24.3 Å². The number of sulfonamides is 1. The molecule has 2 amide bonds. The lowest BCUT2D eigenvalue weighted by atomic mass is 10.1. The Labute approximate surface area is 185 Å². The van der Waals surface area contributed by atoms with E-state index in [1.165, 1.54) is 16.4 Å². The van der Waals surface area contributed by atoms with Crippen LogP contribution in [0.2, 0.25) is 0 Å². The molecule has 1 fully saturated rings. The Balaban J connectivity index is 1.50. The number of nitrogens with zero attached hydrogens (tertiary/aromatic N) is 1. The van der Waals surface area contributed by atoms with E-state index in [2.05, 4.69) is 26.6 Å². The third-order valence-corrected chi connectivity index (χ3v) is 7.44. The van der Waals surface area contributed by atoms with E-state index in [1.807, 2.05) is 12.1 Å². The Kier molecular flexibility index (Phi) is 7.63. The topological polar surface area (TPSA) is 95.6 Å². The Morgan fingerprint density at radius 3 is 2.27 bits per heavy atom. The third kappa shape index (κ3) is 5.90. The number of nitrogens with one attached hydrogen (secondary N) is 2. The zero-order valence-corrected chi connectivity index (χ0v) is 18.8. The van der Waals surface area contributed by atoms with Crippen LogP contribution in [-0.2, 0) is 26.0 Å². The molecule has 3 rings (SSSR count). The number of carbonyl (C=O) groups is 2. The van der Waals surface area contributed by atoms with E-state index in [0.717, 1.165) is 23.7 Å². The standard InChI is InChI=1S/C21H24BrN3O4S/c22-18-6-2-3-7-19(18)24-21(27)15-23-20(26)14-16-8-10-17(11-9-16)30(28,29)25-12-4-1-5-13-25/h2-3,6-11H,1,4-5,12-15H2,(H,23,26)(H,24,27). The summed E-state index contributed by atoms with van der Waals surface area (Å²) < 4.78 is 27.6. The molecule has 0 unspecified atom stereocenters. The van der Waals surface area contributed by atoms with Crippen LogP contribution in [0.3, 0.4) is 0 Å². The lowest BCUT2D eigenvalue weighted by molar-refractivity contribution is -0.123. The van der Waals surface area contributed by atoms with E-state index in [9.17, 15) is 18.0 Å². The minimum absolute atomic E-state index is 0.0619. The van der Waals surface area contributed by atoms with Gasteiger partial charge in [-0.3, -0.25) is 9.59 Å². The summed E-state index contributed by atoms with van der Waals surface area (Å²) in [5, 5.41) is 5.29. The Hall–Kier alpha value is -2.23. The molecule has 0 bridgehead atoms. The van der Waals surface area contributed by atoms with Crippen molar-refractivity contribution >= 4 is 43.5 Å². The number of hydrogen-bond acceptors (Lipinski definition) is 4. The highest BCUT2D eigenvalue weighted by Crippen LogP contribution is 2.22. The average Bonchev–Trinajstić information content (AvgIpc) is 2.75. The van der Waals surface area contributed by atoms with E-state index in [-0.39, 0.29) is 29.7 Å². The summed E-state index contributed by atoms with van der Waals surface area (Å²) in [7, 11) is -3.49. The van der Waals surface area contributed by atoms with Crippen molar-refractivity contribution in [2.45, 2.75) is 30.6 Å². The van der Waals surface area contributed by atoms with Crippen LogP contribution in [-0.4, -0.2) is 44.2 Å². The number of benzene rings is 2. The highest BCUT2D eigenvalue weighted by Gasteiger charge is 2.25. The number of para-hydroxylation sites is 1. The first-order valence-corrected chi connectivity index (χ1v) is 12.0. The molecule has 1 saturated heterocycles. The molecule has 2 aromatic rings. The summed E-state index contributed by atoms with van der Waals surface area (Å²) in [5.41, 5.74) is 1.30. The maximum Gasteiger partial charge on any atom is 0.243 e. The molecule has 1 aliphatic heterocycles. The lowest BCUT2D eigenvalue weighted by Crippen LogP contribution is -2.35. The van der Waals surface area contributed by atoms with Gasteiger partial charge in [-0.2, -0.15) is 4.31 Å². The molecule has 0 spiro atoms. The van der Waals surface area contributed by atoms with Crippen molar-refractivity contribution in [2.24, 2.45) is 0 Å². The molecular formula is C21H24BrN3O4S. The van der Waals surface area contributed by atoms with Gasteiger partial charge in [0, 0.05) is 17.6 Å². The average molecular weight is 494 g/mol. The van der Waals surface area contributed by atoms with Crippen LogP contribution in [0.4, 0.5) is 5.69 Å². The second-order valence-corrected chi connectivity index (χ2v) is 9.88. The number of anilines is 1. The zero-order chi connectivity index (χ0) is 21.6. The van der Waals surface area contributed by atoms with Crippen LogP contribution >= 0.6 is 15.9 Å². The molecule has 1 heterocycles. The molecule has 160 valence electrons. The number of carbonyl (C=O) groups excluding carboxylic acids is 2. The summed E-state index contributed by atoms with van der Waals surface area (Å²) in [6.07, 6.45) is 2.88. The maximum absolute atomic E-state index is 12.7. The molecule has 2 N–H and O–H groups in total. The summed E-state index contributed by atoms with van der Waals surface area (Å²) >= 11 is 3.35. The van der Waals surface area contributed by atoms with Gasteiger partial charge in [0.05, 0.1) is 23.5 Å². The second kappa shape index (κ2) is 10.2. The van der Waals surface area contributed by atoms with Crippen molar-refractivity contribution in [3.63, 3.8) is 0 Å².